The van der Waals surface area contributed by atoms with Crippen LogP contribution in [0.25, 0.3) is 0 Å². The van der Waals surface area contributed by atoms with Crippen LogP contribution < -0.4 is 0 Å². The summed E-state index contributed by atoms with van der Waals surface area (Å²) in [6, 6.07) is 0.362. The van der Waals surface area contributed by atoms with Gasteiger partial charge >= 0.3 is 0 Å². The van der Waals surface area contributed by atoms with E-state index in [0.29, 0.717) is 11.2 Å². The van der Waals surface area contributed by atoms with Gasteiger partial charge in [-0.25, -0.2) is 4.98 Å². The molecule has 1 fully saturated rings. The summed E-state index contributed by atoms with van der Waals surface area (Å²) >= 11 is 5.97. The van der Waals surface area contributed by atoms with E-state index in [0.717, 1.165) is 18.7 Å². The molecule has 2 heterocycles. The molecular formula is C9H13Cl2N3. The maximum atomic E-state index is 5.97. The summed E-state index contributed by atoms with van der Waals surface area (Å²) in [6.07, 6.45) is 5.68. The van der Waals surface area contributed by atoms with Gasteiger partial charge in [-0.15, -0.1) is 12.4 Å². The van der Waals surface area contributed by atoms with Gasteiger partial charge in [0.1, 0.15) is 0 Å². The molecule has 0 amide bonds. The third kappa shape index (κ3) is 2.16. The molecule has 1 aliphatic heterocycles. The number of halogens is 2. The summed E-state index contributed by atoms with van der Waals surface area (Å²) in [5.41, 5.74) is 0.921. The number of rotatable bonds is 1. The van der Waals surface area contributed by atoms with Gasteiger partial charge in [-0.2, -0.15) is 0 Å². The zero-order valence-electron chi connectivity index (χ0n) is 7.98. The molecule has 3 nitrogen and oxygen atoms in total. The first-order valence-electron chi connectivity index (χ1n) is 4.45. The van der Waals surface area contributed by atoms with Crippen LogP contribution in [0.3, 0.4) is 0 Å². The third-order valence-corrected chi connectivity index (χ3v) is 2.81. The molecule has 0 saturated carbocycles. The Morgan fingerprint density at radius 1 is 1.43 bits per heavy atom. The van der Waals surface area contributed by atoms with E-state index in [4.69, 9.17) is 11.6 Å². The second-order valence-corrected chi connectivity index (χ2v) is 3.73. The van der Waals surface area contributed by atoms with E-state index in [2.05, 4.69) is 21.9 Å². The highest BCUT2D eigenvalue weighted by Crippen LogP contribution is 2.31. The van der Waals surface area contributed by atoms with Crippen molar-refractivity contribution < 1.29 is 0 Å². The molecule has 78 valence electrons. The first kappa shape index (κ1) is 11.7. The second-order valence-electron chi connectivity index (χ2n) is 3.37. The molecule has 14 heavy (non-hydrogen) atoms. The smallest absolute Gasteiger partial charge is 0.152 e. The Morgan fingerprint density at radius 2 is 2.14 bits per heavy atom. The molecule has 1 aromatic heterocycles. The first-order valence-corrected chi connectivity index (χ1v) is 4.83. The molecule has 1 aliphatic rings. The Hall–Kier alpha value is -0.380. The van der Waals surface area contributed by atoms with Crippen LogP contribution in [0, 0.1) is 0 Å². The fourth-order valence-corrected chi connectivity index (χ4v) is 2.04. The molecule has 1 aromatic rings. The van der Waals surface area contributed by atoms with Gasteiger partial charge in [-0.05, 0) is 26.4 Å². The van der Waals surface area contributed by atoms with E-state index in [-0.39, 0.29) is 12.4 Å². The number of hydrogen-bond donors (Lipinski definition) is 0. The van der Waals surface area contributed by atoms with Crippen LogP contribution in [0.5, 0.6) is 0 Å². The number of nitrogens with zero attached hydrogens (tertiary/aromatic N) is 3. The molecule has 0 aromatic carbocycles. The average molecular weight is 234 g/mol. The van der Waals surface area contributed by atoms with Gasteiger partial charge in [0.2, 0.25) is 0 Å². The zero-order valence-corrected chi connectivity index (χ0v) is 9.55. The van der Waals surface area contributed by atoms with E-state index in [1.807, 2.05) is 0 Å². The van der Waals surface area contributed by atoms with Crippen LogP contribution in [-0.2, 0) is 0 Å². The van der Waals surface area contributed by atoms with Gasteiger partial charge in [0.05, 0.1) is 11.7 Å². The predicted molar refractivity (Wildman–Crippen MR) is 58.9 cm³/mol. The molecule has 0 spiro atoms. The number of aromatic nitrogens is 2. The summed E-state index contributed by atoms with van der Waals surface area (Å²) in [6.45, 7) is 1.12. The van der Waals surface area contributed by atoms with Crippen LogP contribution in [0.2, 0.25) is 5.15 Å². The molecule has 5 heteroatoms. The van der Waals surface area contributed by atoms with Crippen molar-refractivity contribution in [2.45, 2.75) is 18.9 Å². The van der Waals surface area contributed by atoms with Crippen LogP contribution in [0.1, 0.15) is 24.6 Å². The molecule has 1 unspecified atom stereocenters. The van der Waals surface area contributed by atoms with E-state index in [1.165, 1.54) is 6.42 Å². The van der Waals surface area contributed by atoms with Crippen LogP contribution >= 0.6 is 24.0 Å². The van der Waals surface area contributed by atoms with Crippen molar-refractivity contribution in [1.29, 1.82) is 0 Å². The maximum Gasteiger partial charge on any atom is 0.152 e. The minimum Gasteiger partial charge on any atom is -0.298 e. The van der Waals surface area contributed by atoms with Crippen molar-refractivity contribution in [3.63, 3.8) is 0 Å². The molecule has 1 atom stereocenters. The van der Waals surface area contributed by atoms with Gasteiger partial charge in [0.15, 0.2) is 5.15 Å². The zero-order chi connectivity index (χ0) is 9.26. The van der Waals surface area contributed by atoms with Crippen molar-refractivity contribution in [3.8, 4) is 0 Å². The Bertz CT molecular complexity index is 306. The number of likely N-dealkylation sites (tertiary alicyclic amines) is 1. The standard InChI is InChI=1S/C9H12ClN3.ClH/c1-13-6-2-3-7(13)8-9(10)12-5-4-11-8;/h4-5,7H,2-3,6H2,1H3;1H. The molecule has 2 rings (SSSR count). The Morgan fingerprint density at radius 3 is 2.71 bits per heavy atom. The van der Waals surface area contributed by atoms with Crippen LogP contribution in [-0.4, -0.2) is 28.5 Å². The SMILES string of the molecule is CN1CCCC1c1nccnc1Cl.Cl. The monoisotopic (exact) mass is 233 g/mol. The lowest BCUT2D eigenvalue weighted by Crippen LogP contribution is -2.19. The van der Waals surface area contributed by atoms with Crippen molar-refractivity contribution in [2.75, 3.05) is 13.6 Å². The highest BCUT2D eigenvalue weighted by atomic mass is 35.5. The first-order chi connectivity index (χ1) is 6.29. The minimum absolute atomic E-state index is 0. The molecule has 0 bridgehead atoms. The topological polar surface area (TPSA) is 29.0 Å². The van der Waals surface area contributed by atoms with Crippen LogP contribution in [0.4, 0.5) is 0 Å². The maximum absolute atomic E-state index is 5.97. The lowest BCUT2D eigenvalue weighted by atomic mass is 10.1. The fraction of sp³-hybridized carbons (Fsp3) is 0.556. The van der Waals surface area contributed by atoms with Gasteiger partial charge in [0.25, 0.3) is 0 Å². The van der Waals surface area contributed by atoms with Gasteiger partial charge in [0, 0.05) is 12.4 Å². The second kappa shape index (κ2) is 4.91. The van der Waals surface area contributed by atoms with Crippen molar-refractivity contribution in [3.05, 3.63) is 23.2 Å². The third-order valence-electron chi connectivity index (χ3n) is 2.52. The number of hydrogen-bond acceptors (Lipinski definition) is 3. The summed E-state index contributed by atoms with van der Waals surface area (Å²) < 4.78 is 0. The lowest BCUT2D eigenvalue weighted by Gasteiger charge is -2.18. The average Bonchev–Trinajstić information content (AvgIpc) is 2.52. The van der Waals surface area contributed by atoms with E-state index < -0.39 is 0 Å². The summed E-state index contributed by atoms with van der Waals surface area (Å²) in [4.78, 5) is 10.6. The highest BCUT2D eigenvalue weighted by Gasteiger charge is 2.25. The summed E-state index contributed by atoms with van der Waals surface area (Å²) in [7, 11) is 2.10. The Balaban J connectivity index is 0.000000980. The van der Waals surface area contributed by atoms with E-state index in [1.54, 1.807) is 12.4 Å². The molecule has 0 radical (unpaired) electrons. The minimum atomic E-state index is 0. The largest absolute Gasteiger partial charge is 0.298 e. The van der Waals surface area contributed by atoms with Crippen LogP contribution in [0.15, 0.2) is 12.4 Å². The van der Waals surface area contributed by atoms with Crippen molar-refractivity contribution >= 4 is 24.0 Å². The quantitative estimate of drug-likeness (QED) is 0.746. The van der Waals surface area contributed by atoms with Crippen molar-refractivity contribution in [1.82, 2.24) is 14.9 Å². The van der Waals surface area contributed by atoms with E-state index in [9.17, 15) is 0 Å². The Kier molecular flexibility index (Phi) is 4.11. The normalized spacial score (nSPS) is 22.0. The fourth-order valence-electron chi connectivity index (χ4n) is 1.81. The molecule has 0 aliphatic carbocycles. The van der Waals surface area contributed by atoms with Crippen molar-refractivity contribution in [2.24, 2.45) is 0 Å². The highest BCUT2D eigenvalue weighted by molar-refractivity contribution is 6.30. The Labute approximate surface area is 94.9 Å². The molecular weight excluding hydrogens is 221 g/mol. The van der Waals surface area contributed by atoms with Gasteiger partial charge in [-0.3, -0.25) is 9.88 Å². The van der Waals surface area contributed by atoms with E-state index >= 15 is 0 Å². The van der Waals surface area contributed by atoms with Gasteiger partial charge < -0.3 is 0 Å². The lowest BCUT2D eigenvalue weighted by molar-refractivity contribution is 0.311. The molecule has 0 N–H and O–H groups in total. The molecule has 1 saturated heterocycles. The summed E-state index contributed by atoms with van der Waals surface area (Å²) in [5.74, 6) is 0. The summed E-state index contributed by atoms with van der Waals surface area (Å²) in [5, 5.41) is 0.543. The predicted octanol–water partition coefficient (Wildman–Crippen LogP) is 2.32. The van der Waals surface area contributed by atoms with Gasteiger partial charge in [-0.1, -0.05) is 11.6 Å².